The first-order valence-corrected chi connectivity index (χ1v) is 8.99. The molecular formula is C20H16F4N4O2. The molecule has 3 N–H and O–H groups in total. The molecule has 2 atom stereocenters. The molecular weight excluding hydrogens is 404 g/mol. The van der Waals surface area contributed by atoms with Gasteiger partial charge in [-0.2, -0.15) is 18.3 Å². The molecule has 2 heterocycles. The zero-order valence-electron chi connectivity index (χ0n) is 15.3. The number of aromatic hydroxyl groups is 1. The Morgan fingerprint density at radius 1 is 1.17 bits per heavy atom. The number of nitrogens with zero attached hydrogens (tertiary/aromatic N) is 2. The number of benzene rings is 2. The number of hydrogen-bond donors (Lipinski definition) is 3. The number of amides is 1. The van der Waals surface area contributed by atoms with Gasteiger partial charge in [-0.25, -0.2) is 9.07 Å². The van der Waals surface area contributed by atoms with Crippen molar-refractivity contribution in [2.45, 2.75) is 24.7 Å². The largest absolute Gasteiger partial charge is 0.508 e. The van der Waals surface area contributed by atoms with Gasteiger partial charge < -0.3 is 15.7 Å². The Kier molecular flexibility index (Phi) is 4.84. The minimum atomic E-state index is -4.60. The van der Waals surface area contributed by atoms with Crippen LogP contribution in [-0.2, 0) is 0 Å². The zero-order valence-corrected chi connectivity index (χ0v) is 15.3. The normalized spacial score (nSPS) is 18.4. The Bertz CT molecular complexity index is 1080. The summed E-state index contributed by atoms with van der Waals surface area (Å²) >= 11 is 0. The van der Waals surface area contributed by atoms with E-state index >= 15 is 0 Å². The first kappa shape index (κ1) is 19.7. The van der Waals surface area contributed by atoms with E-state index < -0.39 is 30.0 Å². The number of nitrogens with one attached hydrogen (secondary N) is 2. The van der Waals surface area contributed by atoms with E-state index in [1.807, 2.05) is 0 Å². The highest BCUT2D eigenvalue weighted by Gasteiger charge is 2.46. The Morgan fingerprint density at radius 2 is 1.90 bits per heavy atom. The van der Waals surface area contributed by atoms with Gasteiger partial charge in [0, 0.05) is 24.2 Å². The van der Waals surface area contributed by atoms with Gasteiger partial charge >= 0.3 is 6.18 Å². The standard InChI is InChI=1S/C20H16F4N4O2/c21-12-6-4-11(5-7-12)15-9-17(20(22,23)24)28-18(26-15)10-16(27-28)19(30)25-13-2-1-3-14(29)8-13/h1-8,10,15,17,26,29H,9H2,(H,25,30)/t15-,17-/m1/s1. The number of alkyl halides is 3. The quantitative estimate of drug-likeness (QED) is 0.540. The summed E-state index contributed by atoms with van der Waals surface area (Å²) in [5.74, 6) is -1.25. The molecule has 1 aromatic heterocycles. The van der Waals surface area contributed by atoms with E-state index in [0.717, 1.165) is 4.68 Å². The van der Waals surface area contributed by atoms with Crippen molar-refractivity contribution in [3.8, 4) is 5.75 Å². The average Bonchev–Trinajstić information content (AvgIpc) is 3.11. The van der Waals surface area contributed by atoms with Gasteiger partial charge in [-0.05, 0) is 29.8 Å². The van der Waals surface area contributed by atoms with Crippen LogP contribution in [-0.4, -0.2) is 27.0 Å². The van der Waals surface area contributed by atoms with Crippen LogP contribution in [0.25, 0.3) is 0 Å². The highest BCUT2D eigenvalue weighted by atomic mass is 19.4. The first-order valence-electron chi connectivity index (χ1n) is 8.99. The van der Waals surface area contributed by atoms with Crippen molar-refractivity contribution in [1.82, 2.24) is 9.78 Å². The van der Waals surface area contributed by atoms with E-state index in [0.29, 0.717) is 5.56 Å². The van der Waals surface area contributed by atoms with Crippen LogP contribution in [0.1, 0.15) is 34.6 Å². The van der Waals surface area contributed by atoms with Crippen LogP contribution in [0.2, 0.25) is 0 Å². The van der Waals surface area contributed by atoms with Crippen LogP contribution in [0.3, 0.4) is 0 Å². The van der Waals surface area contributed by atoms with Crippen molar-refractivity contribution in [1.29, 1.82) is 0 Å². The van der Waals surface area contributed by atoms with Gasteiger partial charge in [-0.1, -0.05) is 18.2 Å². The Labute approximate surface area is 168 Å². The Balaban J connectivity index is 1.64. The van der Waals surface area contributed by atoms with Gasteiger partial charge in [0.05, 0.1) is 6.04 Å². The predicted octanol–water partition coefficient (Wildman–Crippen LogP) is 4.64. The molecule has 0 radical (unpaired) electrons. The molecule has 0 aliphatic carbocycles. The number of carbonyl (C=O) groups excluding carboxylic acids is 1. The molecule has 6 nitrogen and oxygen atoms in total. The van der Waals surface area contributed by atoms with E-state index in [2.05, 4.69) is 15.7 Å². The first-order chi connectivity index (χ1) is 14.2. The minimum absolute atomic E-state index is 0.0268. The number of carbonyl (C=O) groups is 1. The van der Waals surface area contributed by atoms with Gasteiger partial charge in [0.25, 0.3) is 5.91 Å². The SMILES string of the molecule is O=C(Nc1cccc(O)c1)c1cc2n(n1)[C@@H](C(F)(F)F)C[C@H](c1ccc(F)cc1)N2. The molecule has 0 unspecified atom stereocenters. The van der Waals surface area contributed by atoms with Crippen LogP contribution < -0.4 is 10.6 Å². The summed E-state index contributed by atoms with van der Waals surface area (Å²) in [6, 6.07) is 9.49. The molecule has 156 valence electrons. The molecule has 0 saturated carbocycles. The lowest BCUT2D eigenvalue weighted by atomic mass is 9.97. The predicted molar refractivity (Wildman–Crippen MR) is 101 cm³/mol. The second-order valence-electron chi connectivity index (χ2n) is 6.91. The third kappa shape index (κ3) is 3.93. The lowest BCUT2D eigenvalue weighted by Gasteiger charge is -2.33. The molecule has 3 aromatic rings. The van der Waals surface area contributed by atoms with Crippen LogP contribution in [0, 0.1) is 5.82 Å². The summed E-state index contributed by atoms with van der Waals surface area (Å²) in [6.07, 6.45) is -4.96. The number of hydrogen-bond acceptors (Lipinski definition) is 4. The van der Waals surface area contributed by atoms with Gasteiger partial charge in [0.15, 0.2) is 11.7 Å². The van der Waals surface area contributed by atoms with Crippen LogP contribution in [0.4, 0.5) is 29.1 Å². The molecule has 1 aliphatic rings. The van der Waals surface area contributed by atoms with Gasteiger partial charge in [0.2, 0.25) is 0 Å². The smallest absolute Gasteiger partial charge is 0.410 e. The lowest BCUT2D eigenvalue weighted by molar-refractivity contribution is -0.173. The molecule has 4 rings (SSSR count). The summed E-state index contributed by atoms with van der Waals surface area (Å²) in [5.41, 5.74) is 0.550. The number of rotatable bonds is 3. The van der Waals surface area contributed by atoms with Crippen molar-refractivity contribution < 1.29 is 27.5 Å². The Morgan fingerprint density at radius 3 is 2.57 bits per heavy atom. The third-order valence-corrected chi connectivity index (χ3v) is 4.80. The summed E-state index contributed by atoms with van der Waals surface area (Å²) in [4.78, 5) is 12.5. The van der Waals surface area contributed by atoms with Gasteiger partial charge in [-0.15, -0.1) is 0 Å². The molecule has 1 amide bonds. The summed E-state index contributed by atoms with van der Waals surface area (Å²) in [7, 11) is 0. The molecule has 10 heteroatoms. The molecule has 0 spiro atoms. The van der Waals surface area contributed by atoms with Crippen molar-refractivity contribution in [2.24, 2.45) is 0 Å². The number of halogens is 4. The van der Waals surface area contributed by atoms with Crippen molar-refractivity contribution in [3.63, 3.8) is 0 Å². The number of fused-ring (bicyclic) bond motifs is 1. The zero-order chi connectivity index (χ0) is 21.5. The molecule has 0 saturated heterocycles. The summed E-state index contributed by atoms with van der Waals surface area (Å²) in [5, 5.41) is 18.8. The van der Waals surface area contributed by atoms with Crippen LogP contribution in [0.15, 0.2) is 54.6 Å². The highest BCUT2D eigenvalue weighted by Crippen LogP contribution is 2.43. The molecule has 30 heavy (non-hydrogen) atoms. The monoisotopic (exact) mass is 420 g/mol. The van der Waals surface area contributed by atoms with Crippen LogP contribution in [0.5, 0.6) is 5.75 Å². The van der Waals surface area contributed by atoms with Gasteiger partial charge in [0.1, 0.15) is 17.4 Å². The van der Waals surface area contributed by atoms with Crippen molar-refractivity contribution >= 4 is 17.4 Å². The second kappa shape index (κ2) is 7.36. The van der Waals surface area contributed by atoms with Crippen LogP contribution >= 0.6 is 0 Å². The fraction of sp³-hybridized carbons (Fsp3) is 0.200. The average molecular weight is 420 g/mol. The van der Waals surface area contributed by atoms with E-state index in [1.165, 1.54) is 54.6 Å². The highest BCUT2D eigenvalue weighted by molar-refractivity contribution is 6.03. The molecule has 2 aromatic carbocycles. The number of phenolic OH excluding ortho intramolecular Hbond substituents is 1. The number of aromatic nitrogens is 2. The second-order valence-corrected chi connectivity index (χ2v) is 6.91. The summed E-state index contributed by atoms with van der Waals surface area (Å²) < 4.78 is 55.0. The third-order valence-electron chi connectivity index (χ3n) is 4.80. The van der Waals surface area contributed by atoms with Gasteiger partial charge in [-0.3, -0.25) is 4.79 Å². The lowest BCUT2D eigenvalue weighted by Crippen LogP contribution is -2.35. The minimum Gasteiger partial charge on any atom is -0.508 e. The molecule has 1 aliphatic heterocycles. The molecule has 0 bridgehead atoms. The maximum atomic E-state index is 13.7. The molecule has 0 fully saturated rings. The fourth-order valence-electron chi connectivity index (χ4n) is 3.38. The number of phenols is 1. The maximum absolute atomic E-state index is 13.7. The van der Waals surface area contributed by atoms with Crippen molar-refractivity contribution in [2.75, 3.05) is 10.6 Å². The summed E-state index contributed by atoms with van der Waals surface area (Å²) in [6.45, 7) is 0. The fourth-order valence-corrected chi connectivity index (χ4v) is 3.38. The Hall–Kier alpha value is -3.56. The van der Waals surface area contributed by atoms with E-state index in [9.17, 15) is 27.5 Å². The van der Waals surface area contributed by atoms with Crippen molar-refractivity contribution in [3.05, 3.63) is 71.7 Å². The number of anilines is 2. The maximum Gasteiger partial charge on any atom is 0.410 e. The van der Waals surface area contributed by atoms with E-state index in [-0.39, 0.29) is 29.4 Å². The topological polar surface area (TPSA) is 79.2 Å². The van der Waals surface area contributed by atoms with E-state index in [1.54, 1.807) is 0 Å². The van der Waals surface area contributed by atoms with E-state index in [4.69, 9.17) is 0 Å².